The molecule has 1 heterocycles. The third-order valence-corrected chi connectivity index (χ3v) is 5.11. The molecule has 5 nitrogen and oxygen atoms in total. The number of carbonyl (C=O) groups excluding carboxylic acids is 1. The van der Waals surface area contributed by atoms with Crippen LogP contribution in [0.2, 0.25) is 0 Å². The van der Waals surface area contributed by atoms with Gasteiger partial charge in [0.2, 0.25) is 0 Å². The largest absolute Gasteiger partial charge is 0.486 e. The molecule has 0 saturated heterocycles. The molecule has 0 radical (unpaired) electrons. The lowest BCUT2D eigenvalue weighted by atomic mass is 10.2. The Labute approximate surface area is 168 Å². The van der Waals surface area contributed by atoms with E-state index in [1.807, 2.05) is 0 Å². The van der Waals surface area contributed by atoms with Crippen LogP contribution in [0.15, 0.2) is 24.3 Å². The van der Waals surface area contributed by atoms with Gasteiger partial charge in [-0.05, 0) is 49.9 Å². The topological polar surface area (TPSA) is 77.2 Å². The standard InChI is InChI=1S/C17H20FN3O2S.2ClH/c1-10-16(17(22)21-14(8-19)11-2-3-11)24-15(20-10)9-23-13-6-4-12(18)5-7-13;;/h4-7,11,14H,2-3,8-9,19H2,1H3,(H,21,22);2*1H. The van der Waals surface area contributed by atoms with E-state index in [0.29, 0.717) is 33.8 Å². The van der Waals surface area contributed by atoms with Crippen molar-refractivity contribution in [3.8, 4) is 5.75 Å². The second-order valence-electron chi connectivity index (χ2n) is 5.92. The Morgan fingerprint density at radius 2 is 2.04 bits per heavy atom. The Morgan fingerprint density at radius 3 is 2.62 bits per heavy atom. The van der Waals surface area contributed by atoms with Crippen molar-refractivity contribution < 1.29 is 13.9 Å². The first-order chi connectivity index (χ1) is 11.6. The molecule has 144 valence electrons. The van der Waals surface area contributed by atoms with E-state index >= 15 is 0 Å². The molecule has 2 aromatic rings. The first kappa shape index (κ1) is 22.6. The molecular formula is C17H22Cl2FN3O2S. The average molecular weight is 422 g/mol. The number of halogens is 3. The summed E-state index contributed by atoms with van der Waals surface area (Å²) in [5.74, 6) is 0.637. The molecule has 1 aromatic carbocycles. The molecular weight excluding hydrogens is 400 g/mol. The summed E-state index contributed by atoms with van der Waals surface area (Å²) >= 11 is 1.31. The van der Waals surface area contributed by atoms with Gasteiger partial charge in [-0.1, -0.05) is 0 Å². The Morgan fingerprint density at radius 1 is 1.38 bits per heavy atom. The SMILES string of the molecule is Cc1nc(COc2ccc(F)cc2)sc1C(=O)NC(CN)C1CC1.Cl.Cl. The van der Waals surface area contributed by atoms with E-state index in [0.717, 1.165) is 12.8 Å². The lowest BCUT2D eigenvalue weighted by molar-refractivity contribution is 0.0937. The van der Waals surface area contributed by atoms with Gasteiger partial charge in [0.1, 0.15) is 28.1 Å². The van der Waals surface area contributed by atoms with Crippen LogP contribution in [0.3, 0.4) is 0 Å². The van der Waals surface area contributed by atoms with Crippen molar-refractivity contribution >= 4 is 42.1 Å². The number of hydrogen-bond acceptors (Lipinski definition) is 5. The number of nitrogens with one attached hydrogen (secondary N) is 1. The number of aryl methyl sites for hydroxylation is 1. The molecule has 0 aliphatic heterocycles. The van der Waals surface area contributed by atoms with E-state index < -0.39 is 0 Å². The number of thiazole rings is 1. The van der Waals surface area contributed by atoms with Crippen molar-refractivity contribution in [1.29, 1.82) is 0 Å². The zero-order chi connectivity index (χ0) is 17.1. The minimum Gasteiger partial charge on any atom is -0.486 e. The van der Waals surface area contributed by atoms with Gasteiger partial charge < -0.3 is 15.8 Å². The molecule has 1 aliphatic carbocycles. The summed E-state index contributed by atoms with van der Waals surface area (Å²) < 4.78 is 18.4. The molecule has 1 fully saturated rings. The number of nitrogens with two attached hydrogens (primary N) is 1. The Hall–Kier alpha value is -1.41. The van der Waals surface area contributed by atoms with Gasteiger partial charge in [-0.3, -0.25) is 4.79 Å². The van der Waals surface area contributed by atoms with Crippen molar-refractivity contribution in [3.05, 3.63) is 45.7 Å². The van der Waals surface area contributed by atoms with Gasteiger partial charge in [0.05, 0.1) is 5.69 Å². The summed E-state index contributed by atoms with van der Waals surface area (Å²) in [5, 5.41) is 3.71. The molecule has 9 heteroatoms. The van der Waals surface area contributed by atoms with E-state index in [1.165, 1.54) is 23.5 Å². The van der Waals surface area contributed by atoms with Crippen LogP contribution in [-0.2, 0) is 6.61 Å². The second-order valence-corrected chi connectivity index (χ2v) is 7.00. The van der Waals surface area contributed by atoms with Crippen molar-refractivity contribution in [2.45, 2.75) is 32.4 Å². The summed E-state index contributed by atoms with van der Waals surface area (Å²) in [7, 11) is 0. The molecule has 26 heavy (non-hydrogen) atoms. The smallest absolute Gasteiger partial charge is 0.263 e. The van der Waals surface area contributed by atoms with Crippen LogP contribution in [0.5, 0.6) is 5.75 Å². The predicted molar refractivity (Wildman–Crippen MR) is 105 cm³/mol. The van der Waals surface area contributed by atoms with Gasteiger partial charge in [0, 0.05) is 12.6 Å². The van der Waals surface area contributed by atoms with Crippen LogP contribution in [0.25, 0.3) is 0 Å². The minimum atomic E-state index is -0.309. The minimum absolute atomic E-state index is 0. The Balaban J connectivity index is 0.00000169. The molecule has 0 spiro atoms. The molecule has 1 amide bonds. The molecule has 1 aliphatic rings. The molecule has 1 saturated carbocycles. The number of nitrogens with zero attached hydrogens (tertiary/aromatic N) is 1. The fourth-order valence-electron chi connectivity index (χ4n) is 2.50. The van der Waals surface area contributed by atoms with E-state index in [-0.39, 0.29) is 49.2 Å². The number of carbonyl (C=O) groups is 1. The third-order valence-electron chi connectivity index (χ3n) is 3.98. The Bertz CT molecular complexity index is 723. The van der Waals surface area contributed by atoms with Crippen LogP contribution in [0.1, 0.15) is 33.2 Å². The fourth-order valence-corrected chi connectivity index (χ4v) is 3.38. The molecule has 3 N–H and O–H groups in total. The number of hydrogen-bond donors (Lipinski definition) is 2. The number of rotatable bonds is 7. The van der Waals surface area contributed by atoms with Crippen LogP contribution in [0.4, 0.5) is 4.39 Å². The fraction of sp³-hybridized carbons (Fsp3) is 0.412. The van der Waals surface area contributed by atoms with Gasteiger partial charge in [-0.15, -0.1) is 36.2 Å². The van der Waals surface area contributed by atoms with E-state index in [9.17, 15) is 9.18 Å². The first-order valence-corrected chi connectivity index (χ1v) is 8.74. The highest BCUT2D eigenvalue weighted by Crippen LogP contribution is 2.32. The summed E-state index contributed by atoms with van der Waals surface area (Å²) in [5.41, 5.74) is 6.41. The summed E-state index contributed by atoms with van der Waals surface area (Å²) in [4.78, 5) is 17.4. The van der Waals surface area contributed by atoms with E-state index in [1.54, 1.807) is 19.1 Å². The normalized spacial score (nSPS) is 14.0. The maximum absolute atomic E-state index is 12.9. The summed E-state index contributed by atoms with van der Waals surface area (Å²) in [6.07, 6.45) is 2.25. The maximum atomic E-state index is 12.9. The van der Waals surface area contributed by atoms with Crippen LogP contribution in [-0.4, -0.2) is 23.5 Å². The lowest BCUT2D eigenvalue weighted by Crippen LogP contribution is -2.41. The van der Waals surface area contributed by atoms with Gasteiger partial charge >= 0.3 is 0 Å². The van der Waals surface area contributed by atoms with Crippen molar-refractivity contribution in [1.82, 2.24) is 10.3 Å². The van der Waals surface area contributed by atoms with Crippen molar-refractivity contribution in [2.24, 2.45) is 11.7 Å². The van der Waals surface area contributed by atoms with Crippen LogP contribution < -0.4 is 15.8 Å². The Kier molecular flexibility index (Phi) is 8.76. The number of amides is 1. The molecule has 1 unspecified atom stereocenters. The average Bonchev–Trinajstić information content (AvgIpc) is 3.34. The highest BCUT2D eigenvalue weighted by Gasteiger charge is 2.32. The quantitative estimate of drug-likeness (QED) is 0.716. The summed E-state index contributed by atoms with van der Waals surface area (Å²) in [6.45, 7) is 2.50. The predicted octanol–water partition coefficient (Wildman–Crippen LogP) is 3.48. The third kappa shape index (κ3) is 5.81. The van der Waals surface area contributed by atoms with Crippen LogP contribution >= 0.6 is 36.2 Å². The maximum Gasteiger partial charge on any atom is 0.263 e. The van der Waals surface area contributed by atoms with Gasteiger partial charge in [-0.2, -0.15) is 0 Å². The highest BCUT2D eigenvalue weighted by molar-refractivity contribution is 7.13. The summed E-state index contributed by atoms with van der Waals surface area (Å²) in [6, 6.07) is 5.84. The zero-order valence-electron chi connectivity index (χ0n) is 14.2. The number of aromatic nitrogens is 1. The van der Waals surface area contributed by atoms with Crippen molar-refractivity contribution in [2.75, 3.05) is 6.54 Å². The lowest BCUT2D eigenvalue weighted by Gasteiger charge is -2.15. The van der Waals surface area contributed by atoms with Crippen LogP contribution in [0, 0.1) is 18.7 Å². The molecule has 0 bridgehead atoms. The number of ether oxygens (including phenoxy) is 1. The molecule has 1 aromatic heterocycles. The zero-order valence-corrected chi connectivity index (χ0v) is 16.7. The van der Waals surface area contributed by atoms with Gasteiger partial charge in [0.15, 0.2) is 0 Å². The molecule has 3 rings (SSSR count). The van der Waals surface area contributed by atoms with Gasteiger partial charge in [-0.25, -0.2) is 9.37 Å². The molecule has 1 atom stereocenters. The second kappa shape index (κ2) is 10.1. The number of benzene rings is 1. The highest BCUT2D eigenvalue weighted by atomic mass is 35.5. The van der Waals surface area contributed by atoms with E-state index in [2.05, 4.69) is 10.3 Å². The first-order valence-electron chi connectivity index (χ1n) is 7.92. The monoisotopic (exact) mass is 421 g/mol. The van der Waals surface area contributed by atoms with Gasteiger partial charge in [0.25, 0.3) is 5.91 Å². The van der Waals surface area contributed by atoms with E-state index in [4.69, 9.17) is 10.5 Å². The van der Waals surface area contributed by atoms with Crippen molar-refractivity contribution in [3.63, 3.8) is 0 Å².